The second kappa shape index (κ2) is 10.1. The molecule has 0 bridgehead atoms. The van der Waals surface area contributed by atoms with Crippen LogP contribution in [-0.2, 0) is 6.54 Å². The number of alkyl halides is 3. The standard InChI is InChI=1S/C16H24F3N5O.HI/c1-12(16(17,18)19)23-7-9-24(10-8-23)15(20-2)21-11-13-5-4-6-14(22-13)25-3;/h4-6,12H,7-11H2,1-3H3,(H,20,21);1H. The van der Waals surface area contributed by atoms with Crippen molar-refractivity contribution in [1.29, 1.82) is 0 Å². The van der Waals surface area contributed by atoms with Gasteiger partial charge in [0.15, 0.2) is 5.96 Å². The Balaban J connectivity index is 0.00000338. The summed E-state index contributed by atoms with van der Waals surface area (Å²) in [6.45, 7) is 3.34. The van der Waals surface area contributed by atoms with Crippen LogP contribution >= 0.6 is 24.0 Å². The molecule has 148 valence electrons. The number of guanidine groups is 1. The molecular weight excluding hydrogens is 462 g/mol. The average Bonchev–Trinajstić information content (AvgIpc) is 2.61. The average molecular weight is 487 g/mol. The van der Waals surface area contributed by atoms with E-state index in [1.165, 1.54) is 11.8 Å². The molecule has 1 fully saturated rings. The number of methoxy groups -OCH3 is 1. The zero-order chi connectivity index (χ0) is 18.4. The van der Waals surface area contributed by atoms with Crippen LogP contribution < -0.4 is 10.1 Å². The van der Waals surface area contributed by atoms with Gasteiger partial charge in [-0.15, -0.1) is 24.0 Å². The lowest BCUT2D eigenvalue weighted by Crippen LogP contribution is -2.56. The zero-order valence-corrected chi connectivity index (χ0v) is 17.4. The Bertz CT molecular complexity index is 591. The van der Waals surface area contributed by atoms with E-state index in [0.29, 0.717) is 44.6 Å². The summed E-state index contributed by atoms with van der Waals surface area (Å²) in [5.41, 5.74) is 0.796. The molecule has 0 saturated carbocycles. The van der Waals surface area contributed by atoms with Gasteiger partial charge in [0.25, 0.3) is 0 Å². The van der Waals surface area contributed by atoms with Crippen LogP contribution in [0, 0.1) is 0 Å². The first kappa shape index (κ1) is 22.7. The number of aliphatic imine (C=N–C) groups is 1. The summed E-state index contributed by atoms with van der Waals surface area (Å²) in [6, 6.07) is 4.05. The summed E-state index contributed by atoms with van der Waals surface area (Å²) in [5.74, 6) is 1.19. The highest BCUT2D eigenvalue weighted by Gasteiger charge is 2.41. The number of ether oxygens (including phenoxy) is 1. The quantitative estimate of drug-likeness (QED) is 0.402. The normalized spacial score (nSPS) is 17.5. The molecule has 6 nitrogen and oxygen atoms in total. The molecule has 2 rings (SSSR count). The van der Waals surface area contributed by atoms with Gasteiger partial charge in [0.2, 0.25) is 5.88 Å². The fourth-order valence-electron chi connectivity index (χ4n) is 2.70. The molecule has 1 aromatic heterocycles. The molecule has 0 aromatic carbocycles. The molecule has 2 heterocycles. The topological polar surface area (TPSA) is 53.0 Å². The number of rotatable bonds is 4. The van der Waals surface area contributed by atoms with Gasteiger partial charge in [-0.25, -0.2) is 4.98 Å². The van der Waals surface area contributed by atoms with Gasteiger partial charge in [-0.1, -0.05) is 6.07 Å². The van der Waals surface area contributed by atoms with Crippen molar-refractivity contribution in [1.82, 2.24) is 20.1 Å². The van der Waals surface area contributed by atoms with E-state index in [-0.39, 0.29) is 24.0 Å². The lowest BCUT2D eigenvalue weighted by Gasteiger charge is -2.39. The van der Waals surface area contributed by atoms with Gasteiger partial charge < -0.3 is 15.0 Å². The third-order valence-corrected chi connectivity index (χ3v) is 4.27. The zero-order valence-electron chi connectivity index (χ0n) is 15.1. The number of nitrogens with one attached hydrogen (secondary N) is 1. The number of piperazine rings is 1. The lowest BCUT2D eigenvalue weighted by molar-refractivity contribution is -0.181. The predicted octanol–water partition coefficient (Wildman–Crippen LogP) is 2.35. The van der Waals surface area contributed by atoms with Gasteiger partial charge in [0.05, 0.1) is 19.3 Å². The number of hydrogen-bond acceptors (Lipinski definition) is 4. The molecule has 1 aliphatic rings. The maximum absolute atomic E-state index is 12.8. The molecule has 0 amide bonds. The minimum Gasteiger partial charge on any atom is -0.481 e. The van der Waals surface area contributed by atoms with Crippen molar-refractivity contribution in [3.63, 3.8) is 0 Å². The molecule has 10 heteroatoms. The summed E-state index contributed by atoms with van der Waals surface area (Å²) in [4.78, 5) is 11.9. The highest BCUT2D eigenvalue weighted by Crippen LogP contribution is 2.25. The van der Waals surface area contributed by atoms with E-state index in [2.05, 4.69) is 15.3 Å². The Labute approximate surface area is 168 Å². The van der Waals surface area contributed by atoms with Gasteiger partial charge >= 0.3 is 6.18 Å². The van der Waals surface area contributed by atoms with Gasteiger partial charge in [-0.2, -0.15) is 13.2 Å². The molecular formula is C16H25F3IN5O. The number of halogens is 4. The van der Waals surface area contributed by atoms with E-state index in [4.69, 9.17) is 4.74 Å². The van der Waals surface area contributed by atoms with Gasteiger partial charge in [-0.3, -0.25) is 9.89 Å². The molecule has 1 saturated heterocycles. The number of pyridine rings is 1. The minimum atomic E-state index is -4.19. The molecule has 0 aliphatic carbocycles. The second-order valence-electron chi connectivity index (χ2n) is 5.81. The van der Waals surface area contributed by atoms with Crippen LogP contribution in [0.5, 0.6) is 5.88 Å². The summed E-state index contributed by atoms with van der Waals surface area (Å²) >= 11 is 0. The van der Waals surface area contributed by atoms with Crippen LogP contribution in [0.2, 0.25) is 0 Å². The Hall–Kier alpha value is -1.30. The molecule has 0 spiro atoms. The highest BCUT2D eigenvalue weighted by atomic mass is 127. The van der Waals surface area contributed by atoms with Crippen LogP contribution in [0.3, 0.4) is 0 Å². The van der Waals surface area contributed by atoms with Gasteiger partial charge in [0.1, 0.15) is 6.04 Å². The van der Waals surface area contributed by atoms with Crippen LogP contribution in [0.4, 0.5) is 13.2 Å². The van der Waals surface area contributed by atoms with Crippen molar-refractivity contribution in [2.24, 2.45) is 4.99 Å². The first-order valence-corrected chi connectivity index (χ1v) is 8.11. The van der Waals surface area contributed by atoms with E-state index in [1.807, 2.05) is 17.0 Å². The monoisotopic (exact) mass is 487 g/mol. The maximum Gasteiger partial charge on any atom is 0.403 e. The molecule has 1 unspecified atom stereocenters. The molecule has 1 aliphatic heterocycles. The third-order valence-electron chi connectivity index (χ3n) is 4.27. The first-order valence-electron chi connectivity index (χ1n) is 8.11. The van der Waals surface area contributed by atoms with Crippen molar-refractivity contribution in [2.75, 3.05) is 40.3 Å². The fourth-order valence-corrected chi connectivity index (χ4v) is 2.70. The van der Waals surface area contributed by atoms with Crippen LogP contribution in [-0.4, -0.2) is 73.3 Å². The van der Waals surface area contributed by atoms with Crippen molar-refractivity contribution < 1.29 is 17.9 Å². The smallest absolute Gasteiger partial charge is 0.403 e. The van der Waals surface area contributed by atoms with Crippen molar-refractivity contribution in [2.45, 2.75) is 25.7 Å². The molecule has 26 heavy (non-hydrogen) atoms. The van der Waals surface area contributed by atoms with Crippen molar-refractivity contribution in [3.8, 4) is 5.88 Å². The van der Waals surface area contributed by atoms with E-state index in [9.17, 15) is 13.2 Å². The molecule has 0 radical (unpaired) electrons. The summed E-state index contributed by atoms with van der Waals surface area (Å²) < 4.78 is 43.5. The molecule has 1 atom stereocenters. The largest absolute Gasteiger partial charge is 0.481 e. The van der Waals surface area contributed by atoms with Gasteiger partial charge in [0, 0.05) is 39.3 Å². The number of hydrogen-bond donors (Lipinski definition) is 1. The highest BCUT2D eigenvalue weighted by molar-refractivity contribution is 14.0. The predicted molar refractivity (Wildman–Crippen MR) is 105 cm³/mol. The van der Waals surface area contributed by atoms with Crippen molar-refractivity contribution in [3.05, 3.63) is 23.9 Å². The minimum absolute atomic E-state index is 0. The lowest BCUT2D eigenvalue weighted by atomic mass is 10.2. The molecule has 1 aromatic rings. The Kier molecular flexibility index (Phi) is 8.87. The third kappa shape index (κ3) is 6.15. The van der Waals surface area contributed by atoms with Crippen LogP contribution in [0.25, 0.3) is 0 Å². The second-order valence-corrected chi connectivity index (χ2v) is 5.81. The number of aromatic nitrogens is 1. The van der Waals surface area contributed by atoms with E-state index >= 15 is 0 Å². The Morgan fingerprint density at radius 2 is 1.96 bits per heavy atom. The Morgan fingerprint density at radius 3 is 2.50 bits per heavy atom. The summed E-state index contributed by atoms with van der Waals surface area (Å²) in [5, 5.41) is 3.20. The van der Waals surface area contributed by atoms with E-state index < -0.39 is 12.2 Å². The number of nitrogens with zero attached hydrogens (tertiary/aromatic N) is 4. The Morgan fingerprint density at radius 1 is 1.31 bits per heavy atom. The maximum atomic E-state index is 12.8. The van der Waals surface area contributed by atoms with Gasteiger partial charge in [-0.05, 0) is 13.0 Å². The van der Waals surface area contributed by atoms with E-state index in [1.54, 1.807) is 20.2 Å². The first-order chi connectivity index (χ1) is 11.8. The molecule has 1 N–H and O–H groups in total. The summed E-state index contributed by atoms with van der Waals surface area (Å²) in [7, 11) is 3.21. The SMILES string of the molecule is CN=C(NCc1cccc(OC)n1)N1CCN(C(C)C(F)(F)F)CC1.I. The van der Waals surface area contributed by atoms with Crippen LogP contribution in [0.1, 0.15) is 12.6 Å². The van der Waals surface area contributed by atoms with Crippen molar-refractivity contribution >= 4 is 29.9 Å². The van der Waals surface area contributed by atoms with E-state index in [0.717, 1.165) is 5.69 Å². The summed E-state index contributed by atoms with van der Waals surface area (Å²) in [6.07, 6.45) is -4.19. The fraction of sp³-hybridized carbons (Fsp3) is 0.625. The van der Waals surface area contributed by atoms with Crippen LogP contribution in [0.15, 0.2) is 23.2 Å².